The summed E-state index contributed by atoms with van der Waals surface area (Å²) in [6.45, 7) is 1.08. The normalized spacial score (nSPS) is 11.7. The highest BCUT2D eigenvalue weighted by atomic mass is 127. The molecule has 1 nitrogen and oxygen atoms in total. The van der Waals surface area contributed by atoms with Crippen LogP contribution in [-0.4, -0.2) is 9.90 Å². The summed E-state index contributed by atoms with van der Waals surface area (Å²) in [7, 11) is 0. The average molecular weight is 806 g/mol. The quantitative estimate of drug-likeness (QED) is 0.148. The van der Waals surface area contributed by atoms with E-state index in [4.69, 9.17) is 0 Å². The highest BCUT2D eigenvalue weighted by Gasteiger charge is 2.16. The van der Waals surface area contributed by atoms with Gasteiger partial charge in [-0.1, -0.05) is 15.9 Å². The molecule has 0 aliphatic heterocycles. The van der Waals surface area contributed by atoms with Crippen LogP contribution in [0.1, 0.15) is 12.8 Å². The predicted molar refractivity (Wildman–Crippen MR) is 133 cm³/mol. The van der Waals surface area contributed by atoms with Crippen LogP contribution in [-0.2, 0) is 6.54 Å². The Morgan fingerprint density at radius 3 is 1.73 bits per heavy atom. The van der Waals surface area contributed by atoms with Crippen molar-refractivity contribution in [2.24, 2.45) is 0 Å². The Labute approximate surface area is 193 Å². The van der Waals surface area contributed by atoms with Gasteiger partial charge in [0.25, 0.3) is 0 Å². The second kappa shape index (κ2) is 7.90. The number of alkyl halides is 1. The number of nitrogens with zero attached hydrogens (tertiary/aromatic N) is 1. The van der Waals surface area contributed by atoms with E-state index in [9.17, 15) is 0 Å². The molecule has 0 atom stereocenters. The summed E-state index contributed by atoms with van der Waals surface area (Å²) < 4.78 is 7.84. The number of aryl methyl sites for hydroxylation is 1. The second-order valence-electron chi connectivity index (χ2n) is 5.12. The molecule has 2 aromatic carbocycles. The molecule has 0 saturated heterocycles. The minimum Gasteiger partial charge on any atom is -0.339 e. The number of rotatable bonds is 4. The zero-order valence-electron chi connectivity index (χ0n) is 11.5. The van der Waals surface area contributed by atoms with Crippen LogP contribution in [0.4, 0.5) is 0 Å². The fourth-order valence-corrected chi connectivity index (χ4v) is 7.46. The van der Waals surface area contributed by atoms with Gasteiger partial charge in [-0.3, -0.25) is 0 Å². The molecule has 0 fully saturated rings. The molecular formula is C16H12BrI4N. The first-order valence-corrected chi connectivity index (χ1v) is 12.3. The Kier molecular flexibility index (Phi) is 6.62. The summed E-state index contributed by atoms with van der Waals surface area (Å²) in [5.41, 5.74) is 2.79. The van der Waals surface area contributed by atoms with E-state index in [2.05, 4.69) is 135 Å². The number of hydrogen-bond donors (Lipinski definition) is 0. The molecule has 3 aromatic rings. The van der Waals surface area contributed by atoms with Gasteiger partial charge in [0, 0.05) is 36.9 Å². The van der Waals surface area contributed by atoms with Gasteiger partial charge in [-0.2, -0.15) is 0 Å². The predicted octanol–water partition coefficient (Wildman–Crippen LogP) is 7.39. The number of aromatic nitrogens is 1. The van der Waals surface area contributed by atoms with E-state index in [0.29, 0.717) is 0 Å². The second-order valence-corrected chi connectivity index (χ2v) is 10.7. The van der Waals surface area contributed by atoms with Crippen molar-refractivity contribution in [3.63, 3.8) is 0 Å². The topological polar surface area (TPSA) is 4.93 Å². The number of unbranched alkanes of at least 4 members (excludes halogenated alkanes) is 1. The minimum atomic E-state index is 1.08. The van der Waals surface area contributed by atoms with Crippen LogP contribution in [0, 0.1) is 14.3 Å². The van der Waals surface area contributed by atoms with E-state index in [1.807, 2.05) is 0 Å². The molecule has 0 aliphatic carbocycles. The van der Waals surface area contributed by atoms with Crippen molar-refractivity contribution in [1.29, 1.82) is 0 Å². The largest absolute Gasteiger partial charge is 0.339 e. The third-order valence-electron chi connectivity index (χ3n) is 3.65. The van der Waals surface area contributed by atoms with Crippen molar-refractivity contribution in [3.8, 4) is 0 Å². The lowest BCUT2D eigenvalue weighted by Gasteiger charge is -2.09. The van der Waals surface area contributed by atoms with Gasteiger partial charge in [-0.05, 0) is 127 Å². The zero-order chi connectivity index (χ0) is 15.9. The molecule has 0 saturated carbocycles. The number of hydrogen-bond acceptors (Lipinski definition) is 0. The van der Waals surface area contributed by atoms with Crippen LogP contribution in [0.3, 0.4) is 0 Å². The molecule has 0 bridgehead atoms. The monoisotopic (exact) mass is 805 g/mol. The molecule has 116 valence electrons. The standard InChI is InChI=1S/C16H12BrI4N/c17-3-1-2-4-22-15-11(5-9(18)7-13(15)20)12-6-10(19)8-14(21)16(12)22/h5-8H,1-4H2. The summed E-state index contributed by atoms with van der Waals surface area (Å²) in [6.07, 6.45) is 2.41. The Hall–Kier alpha value is 1.64. The third-order valence-corrected chi connectivity index (χ3v) is 7.10. The minimum absolute atomic E-state index is 1.08. The molecule has 6 heteroatoms. The molecule has 0 radical (unpaired) electrons. The van der Waals surface area contributed by atoms with Crippen LogP contribution < -0.4 is 0 Å². The molecule has 0 amide bonds. The van der Waals surface area contributed by atoms with Crippen molar-refractivity contribution >= 4 is 128 Å². The first-order chi connectivity index (χ1) is 10.5. The van der Waals surface area contributed by atoms with Gasteiger partial charge in [0.2, 0.25) is 0 Å². The van der Waals surface area contributed by atoms with Gasteiger partial charge >= 0.3 is 0 Å². The van der Waals surface area contributed by atoms with Crippen molar-refractivity contribution < 1.29 is 0 Å². The highest BCUT2D eigenvalue weighted by molar-refractivity contribution is 14.1. The lowest BCUT2D eigenvalue weighted by molar-refractivity contribution is 0.669. The SMILES string of the molecule is BrCCCCn1c2c(I)cc(I)cc2c2cc(I)cc(I)c21. The van der Waals surface area contributed by atoms with Crippen LogP contribution >= 0.6 is 106 Å². The van der Waals surface area contributed by atoms with Crippen molar-refractivity contribution in [3.05, 3.63) is 38.5 Å². The van der Waals surface area contributed by atoms with Gasteiger partial charge in [-0.25, -0.2) is 0 Å². The van der Waals surface area contributed by atoms with Crippen molar-refractivity contribution in [1.82, 2.24) is 4.57 Å². The van der Waals surface area contributed by atoms with Gasteiger partial charge in [0.05, 0.1) is 11.0 Å². The molecule has 0 unspecified atom stereocenters. The van der Waals surface area contributed by atoms with E-state index in [0.717, 1.165) is 11.9 Å². The Morgan fingerprint density at radius 2 is 1.27 bits per heavy atom. The summed E-state index contributed by atoms with van der Waals surface area (Å²) >= 11 is 13.4. The first kappa shape index (κ1) is 18.4. The molecule has 0 N–H and O–H groups in total. The number of fused-ring (bicyclic) bond motifs is 3. The molecule has 3 rings (SSSR count). The van der Waals surface area contributed by atoms with Crippen molar-refractivity contribution in [2.45, 2.75) is 19.4 Å². The van der Waals surface area contributed by atoms with Crippen LogP contribution in [0.25, 0.3) is 21.8 Å². The molecule has 0 aliphatic rings. The number of benzene rings is 2. The van der Waals surface area contributed by atoms with E-state index >= 15 is 0 Å². The summed E-state index contributed by atoms with van der Waals surface area (Å²) in [5, 5.41) is 3.86. The van der Waals surface area contributed by atoms with E-state index in [1.54, 1.807) is 0 Å². The fraction of sp³-hybridized carbons (Fsp3) is 0.250. The van der Waals surface area contributed by atoms with Gasteiger partial charge in [0.15, 0.2) is 0 Å². The van der Waals surface area contributed by atoms with E-state index in [1.165, 1.54) is 48.9 Å². The zero-order valence-corrected chi connectivity index (χ0v) is 21.7. The molecular weight excluding hydrogens is 794 g/mol. The molecule has 22 heavy (non-hydrogen) atoms. The molecule has 0 spiro atoms. The van der Waals surface area contributed by atoms with E-state index < -0.39 is 0 Å². The van der Waals surface area contributed by atoms with Crippen molar-refractivity contribution in [2.75, 3.05) is 5.33 Å². The Bertz CT molecular complexity index is 791. The van der Waals surface area contributed by atoms with Gasteiger partial charge in [0.1, 0.15) is 0 Å². The summed E-state index contributed by atoms with van der Waals surface area (Å²) in [4.78, 5) is 0. The fourth-order valence-electron chi connectivity index (χ4n) is 2.79. The maximum atomic E-state index is 3.55. The Morgan fingerprint density at radius 1 is 0.773 bits per heavy atom. The smallest absolute Gasteiger partial charge is 0.0628 e. The lowest BCUT2D eigenvalue weighted by Crippen LogP contribution is -2.00. The first-order valence-electron chi connectivity index (χ1n) is 6.85. The average Bonchev–Trinajstić information content (AvgIpc) is 2.74. The van der Waals surface area contributed by atoms with Gasteiger partial charge < -0.3 is 4.57 Å². The molecule has 1 aromatic heterocycles. The summed E-state index contributed by atoms with van der Waals surface area (Å²) in [6, 6.07) is 9.21. The van der Waals surface area contributed by atoms with E-state index in [-0.39, 0.29) is 0 Å². The Balaban J connectivity index is 2.37. The lowest BCUT2D eigenvalue weighted by atomic mass is 10.2. The van der Waals surface area contributed by atoms with Crippen LogP contribution in [0.5, 0.6) is 0 Å². The highest BCUT2D eigenvalue weighted by Crippen LogP contribution is 2.37. The maximum Gasteiger partial charge on any atom is 0.0628 e. The van der Waals surface area contributed by atoms with Gasteiger partial charge in [-0.15, -0.1) is 0 Å². The number of halogens is 5. The van der Waals surface area contributed by atoms with Crippen LogP contribution in [0.15, 0.2) is 24.3 Å². The third kappa shape index (κ3) is 3.59. The summed E-state index contributed by atoms with van der Waals surface area (Å²) in [5.74, 6) is 0. The molecule has 1 heterocycles. The van der Waals surface area contributed by atoms with Crippen LogP contribution in [0.2, 0.25) is 0 Å². The maximum absolute atomic E-state index is 3.55.